The molecule has 2 aromatic rings. The molecule has 2 aromatic carbocycles. The molecule has 7 nitrogen and oxygen atoms in total. The molecule has 0 spiro atoms. The Hall–Kier alpha value is -3.08. The van der Waals surface area contributed by atoms with Gasteiger partial charge in [-0.25, -0.2) is 0 Å². The second-order valence-electron chi connectivity index (χ2n) is 5.54. The molecular weight excluding hydrogens is 399 g/mol. The van der Waals surface area contributed by atoms with Gasteiger partial charge in [0.15, 0.2) is 0 Å². The maximum atomic E-state index is 12.7. The number of thioether (sulfide) groups is 1. The van der Waals surface area contributed by atoms with Crippen molar-refractivity contribution in [2.75, 3.05) is 5.75 Å². The van der Waals surface area contributed by atoms with Gasteiger partial charge in [-0.1, -0.05) is 30.3 Å². The minimum Gasteiger partial charge on any atom is -0.368 e. The fourth-order valence-electron chi connectivity index (χ4n) is 2.27. The first-order chi connectivity index (χ1) is 13.1. The van der Waals surface area contributed by atoms with Gasteiger partial charge < -0.3 is 11.1 Å². The molecule has 0 saturated heterocycles. The van der Waals surface area contributed by atoms with Crippen molar-refractivity contribution in [3.05, 3.63) is 69.8 Å². The molecule has 0 aromatic heterocycles. The molecule has 0 bridgehead atoms. The molecule has 0 heterocycles. The summed E-state index contributed by atoms with van der Waals surface area (Å²) in [4.78, 5) is 33.7. The molecule has 2 rings (SSSR count). The summed E-state index contributed by atoms with van der Waals surface area (Å²) >= 11 is 0.679. The average Bonchev–Trinajstić information content (AvgIpc) is 2.63. The highest BCUT2D eigenvalue weighted by atomic mass is 32.2. The lowest BCUT2D eigenvalue weighted by Crippen LogP contribution is -2.38. The fourth-order valence-corrected chi connectivity index (χ4v) is 3.08. The first-order valence-corrected chi connectivity index (χ1v) is 8.70. The van der Waals surface area contributed by atoms with Crippen LogP contribution in [-0.4, -0.2) is 22.5 Å². The number of rotatable bonds is 7. The molecular formula is C17H14F3N3O4S. The quantitative estimate of drug-likeness (QED) is 0.411. The zero-order valence-electron chi connectivity index (χ0n) is 14.1. The van der Waals surface area contributed by atoms with Crippen molar-refractivity contribution in [1.29, 1.82) is 0 Å². The predicted molar refractivity (Wildman–Crippen MR) is 95.3 cm³/mol. The third-order valence-corrected chi connectivity index (χ3v) is 4.63. The van der Waals surface area contributed by atoms with Gasteiger partial charge in [-0.05, 0) is 17.7 Å². The number of primary amides is 1. The van der Waals surface area contributed by atoms with Crippen LogP contribution in [0.25, 0.3) is 0 Å². The van der Waals surface area contributed by atoms with Gasteiger partial charge in [-0.2, -0.15) is 13.2 Å². The molecule has 3 N–H and O–H groups in total. The largest absolute Gasteiger partial charge is 0.416 e. The molecule has 148 valence electrons. The Kier molecular flexibility index (Phi) is 6.62. The maximum Gasteiger partial charge on any atom is 0.416 e. The van der Waals surface area contributed by atoms with Crippen LogP contribution in [0.15, 0.2) is 53.4 Å². The Bertz CT molecular complexity index is 891. The summed E-state index contributed by atoms with van der Waals surface area (Å²) in [6.45, 7) is 0. The van der Waals surface area contributed by atoms with Crippen LogP contribution in [-0.2, 0) is 15.8 Å². The molecule has 1 atom stereocenters. The van der Waals surface area contributed by atoms with Crippen LogP contribution < -0.4 is 11.1 Å². The molecule has 0 aliphatic rings. The highest BCUT2D eigenvalue weighted by Gasteiger charge is 2.33. The first-order valence-electron chi connectivity index (χ1n) is 7.71. The van der Waals surface area contributed by atoms with Crippen molar-refractivity contribution in [2.45, 2.75) is 17.1 Å². The smallest absolute Gasteiger partial charge is 0.368 e. The number of nitro benzene ring substituents is 1. The van der Waals surface area contributed by atoms with Crippen LogP contribution in [0.3, 0.4) is 0 Å². The van der Waals surface area contributed by atoms with Crippen LogP contribution in [0.1, 0.15) is 17.2 Å². The average molecular weight is 413 g/mol. The molecule has 0 saturated carbocycles. The van der Waals surface area contributed by atoms with Crippen LogP contribution in [0, 0.1) is 10.1 Å². The van der Waals surface area contributed by atoms with Gasteiger partial charge in [-0.3, -0.25) is 19.7 Å². The van der Waals surface area contributed by atoms with Crippen LogP contribution >= 0.6 is 11.8 Å². The Balaban J connectivity index is 2.11. The second kappa shape index (κ2) is 8.74. The summed E-state index contributed by atoms with van der Waals surface area (Å²) in [7, 11) is 0. The number of hydrogen-bond donors (Lipinski definition) is 2. The van der Waals surface area contributed by atoms with Gasteiger partial charge in [0.1, 0.15) is 6.04 Å². The van der Waals surface area contributed by atoms with E-state index in [9.17, 15) is 32.9 Å². The number of alkyl halides is 3. The first kappa shape index (κ1) is 21.2. The van der Waals surface area contributed by atoms with Gasteiger partial charge in [0.2, 0.25) is 11.8 Å². The van der Waals surface area contributed by atoms with E-state index in [1.807, 2.05) is 0 Å². The Morgan fingerprint density at radius 2 is 1.82 bits per heavy atom. The highest BCUT2D eigenvalue weighted by Crippen LogP contribution is 2.36. The van der Waals surface area contributed by atoms with Crippen LogP contribution in [0.2, 0.25) is 0 Å². The van der Waals surface area contributed by atoms with Crippen molar-refractivity contribution in [1.82, 2.24) is 5.32 Å². The third kappa shape index (κ3) is 5.46. The van der Waals surface area contributed by atoms with Gasteiger partial charge in [0.05, 0.1) is 21.1 Å². The monoisotopic (exact) mass is 413 g/mol. The Morgan fingerprint density at radius 1 is 1.18 bits per heavy atom. The summed E-state index contributed by atoms with van der Waals surface area (Å²) in [6.07, 6.45) is -4.73. The Morgan fingerprint density at radius 3 is 2.36 bits per heavy atom. The fraction of sp³-hybridized carbons (Fsp3) is 0.176. The van der Waals surface area contributed by atoms with E-state index >= 15 is 0 Å². The summed E-state index contributed by atoms with van der Waals surface area (Å²) in [5, 5.41) is 13.5. The number of nitrogens with zero attached hydrogens (tertiary/aromatic N) is 1. The highest BCUT2D eigenvalue weighted by molar-refractivity contribution is 8.00. The van der Waals surface area contributed by atoms with E-state index in [1.165, 1.54) is 0 Å². The normalized spacial score (nSPS) is 12.2. The zero-order valence-corrected chi connectivity index (χ0v) is 14.9. The van der Waals surface area contributed by atoms with Gasteiger partial charge in [0, 0.05) is 6.07 Å². The van der Waals surface area contributed by atoms with Crippen molar-refractivity contribution in [3.63, 3.8) is 0 Å². The molecule has 28 heavy (non-hydrogen) atoms. The number of nitrogens with two attached hydrogens (primary N) is 1. The van der Waals surface area contributed by atoms with E-state index in [-0.39, 0.29) is 10.6 Å². The molecule has 1 unspecified atom stereocenters. The lowest BCUT2D eigenvalue weighted by atomic mass is 10.1. The van der Waals surface area contributed by atoms with E-state index in [2.05, 4.69) is 5.32 Å². The van der Waals surface area contributed by atoms with E-state index in [4.69, 9.17) is 5.73 Å². The number of nitrogens with one attached hydrogen (secondary N) is 1. The van der Waals surface area contributed by atoms with E-state index < -0.39 is 40.2 Å². The standard InChI is InChI=1S/C17H14F3N3O4S/c18-17(19,20)11-6-7-13(12(8-11)23(26)27)28-9-14(24)22-15(16(21)25)10-4-2-1-3-5-10/h1-8,15H,9H2,(H2,21,25)(H,22,24). The lowest BCUT2D eigenvalue weighted by Gasteiger charge is -2.15. The molecule has 2 amide bonds. The third-order valence-electron chi connectivity index (χ3n) is 3.56. The molecule has 0 aliphatic carbocycles. The summed E-state index contributed by atoms with van der Waals surface area (Å²) in [5.74, 6) is -1.82. The maximum absolute atomic E-state index is 12.7. The minimum absolute atomic E-state index is 0.108. The van der Waals surface area contributed by atoms with Crippen molar-refractivity contribution in [3.8, 4) is 0 Å². The van der Waals surface area contributed by atoms with E-state index in [0.717, 1.165) is 6.07 Å². The second-order valence-corrected chi connectivity index (χ2v) is 6.56. The van der Waals surface area contributed by atoms with Gasteiger partial charge in [-0.15, -0.1) is 11.8 Å². The van der Waals surface area contributed by atoms with Crippen molar-refractivity contribution >= 4 is 29.3 Å². The van der Waals surface area contributed by atoms with E-state index in [0.29, 0.717) is 29.5 Å². The SMILES string of the molecule is NC(=O)C(NC(=O)CSc1ccc(C(F)(F)F)cc1[N+](=O)[O-])c1ccccc1. The van der Waals surface area contributed by atoms with Crippen molar-refractivity contribution < 1.29 is 27.7 Å². The summed E-state index contributed by atoms with van der Waals surface area (Å²) < 4.78 is 38.2. The molecule has 0 radical (unpaired) electrons. The zero-order chi connectivity index (χ0) is 20.9. The Labute approximate surface area is 161 Å². The summed E-state index contributed by atoms with van der Waals surface area (Å²) in [6, 6.07) is 9.13. The number of benzene rings is 2. The number of halogens is 3. The predicted octanol–water partition coefficient (Wildman–Crippen LogP) is 3.05. The number of amides is 2. The van der Waals surface area contributed by atoms with Crippen molar-refractivity contribution in [2.24, 2.45) is 5.73 Å². The van der Waals surface area contributed by atoms with Crippen LogP contribution in [0.4, 0.5) is 18.9 Å². The topological polar surface area (TPSA) is 115 Å². The molecule has 0 fully saturated rings. The lowest BCUT2D eigenvalue weighted by molar-refractivity contribution is -0.388. The number of nitro groups is 1. The number of hydrogen-bond acceptors (Lipinski definition) is 5. The van der Waals surface area contributed by atoms with Gasteiger partial charge >= 0.3 is 6.18 Å². The number of carbonyl (C=O) groups is 2. The molecule has 11 heteroatoms. The van der Waals surface area contributed by atoms with E-state index in [1.54, 1.807) is 30.3 Å². The summed E-state index contributed by atoms with van der Waals surface area (Å²) in [5.41, 5.74) is 3.82. The minimum atomic E-state index is -4.73. The van der Waals surface area contributed by atoms with Gasteiger partial charge in [0.25, 0.3) is 5.69 Å². The molecule has 0 aliphatic heterocycles. The van der Waals surface area contributed by atoms with Crippen LogP contribution in [0.5, 0.6) is 0 Å². The number of carbonyl (C=O) groups excluding carboxylic acids is 2.